The van der Waals surface area contributed by atoms with E-state index in [0.29, 0.717) is 24.7 Å². The molecule has 3 aromatic rings. The first-order valence-corrected chi connectivity index (χ1v) is 12.5. The molecule has 1 aliphatic carbocycles. The van der Waals surface area contributed by atoms with Crippen LogP contribution in [-0.2, 0) is 25.9 Å². The van der Waals surface area contributed by atoms with Crippen molar-refractivity contribution in [3.8, 4) is 0 Å². The Labute approximate surface area is 205 Å². The van der Waals surface area contributed by atoms with Gasteiger partial charge in [0.2, 0.25) is 0 Å². The van der Waals surface area contributed by atoms with Gasteiger partial charge in [-0.25, -0.2) is 0 Å². The summed E-state index contributed by atoms with van der Waals surface area (Å²) in [6, 6.07) is 6.09. The number of nitrogens with zero attached hydrogens (tertiary/aromatic N) is 6. The number of aromatic nitrogens is 6. The van der Waals surface area contributed by atoms with Crippen molar-refractivity contribution in [1.29, 1.82) is 0 Å². The van der Waals surface area contributed by atoms with E-state index in [0.717, 1.165) is 61.4 Å². The molecule has 0 unspecified atom stereocenters. The Kier molecular flexibility index (Phi) is 7.23. The van der Waals surface area contributed by atoms with E-state index in [1.54, 1.807) is 17.1 Å². The van der Waals surface area contributed by atoms with Crippen LogP contribution in [0, 0.1) is 12.8 Å². The zero-order chi connectivity index (χ0) is 24.0. The van der Waals surface area contributed by atoms with E-state index in [1.165, 1.54) is 24.0 Å². The minimum absolute atomic E-state index is 0.234. The molecule has 0 radical (unpaired) electrons. The number of carbonyl (C=O) groups is 1. The summed E-state index contributed by atoms with van der Waals surface area (Å²) in [5.74, 6) is 0.449. The number of hydrogen-bond acceptors (Lipinski definition) is 7. The summed E-state index contributed by atoms with van der Waals surface area (Å²) in [5, 5.41) is 23.4. The molecule has 3 aromatic heterocycles. The normalized spacial score (nSPS) is 15.6. The van der Waals surface area contributed by atoms with Crippen molar-refractivity contribution in [2.45, 2.75) is 58.5 Å². The molecule has 1 aliphatic heterocycles. The molecule has 182 valence electrons. The molecule has 0 aromatic carbocycles. The molecule has 9 nitrogen and oxygen atoms in total. The molecular formula is C26H32N8O. The van der Waals surface area contributed by atoms with E-state index in [9.17, 15) is 4.79 Å². The van der Waals surface area contributed by atoms with Gasteiger partial charge in [-0.3, -0.25) is 14.5 Å². The van der Waals surface area contributed by atoms with E-state index in [-0.39, 0.29) is 5.91 Å². The van der Waals surface area contributed by atoms with Crippen LogP contribution in [-0.4, -0.2) is 49.2 Å². The zero-order valence-corrected chi connectivity index (χ0v) is 20.2. The predicted molar refractivity (Wildman–Crippen MR) is 132 cm³/mol. The van der Waals surface area contributed by atoms with Gasteiger partial charge in [0.15, 0.2) is 5.69 Å². The Morgan fingerprint density at radius 3 is 2.89 bits per heavy atom. The third-order valence-corrected chi connectivity index (χ3v) is 6.80. The largest absolute Gasteiger partial charge is 0.346 e. The Bertz CT molecular complexity index is 1190. The summed E-state index contributed by atoms with van der Waals surface area (Å²) >= 11 is 0. The van der Waals surface area contributed by atoms with Gasteiger partial charge in [0, 0.05) is 31.4 Å². The Hall–Kier alpha value is -3.46. The van der Waals surface area contributed by atoms with Gasteiger partial charge in [-0.1, -0.05) is 22.9 Å². The molecular weight excluding hydrogens is 440 g/mol. The lowest BCUT2D eigenvalue weighted by Crippen LogP contribution is -2.28. The molecule has 4 heterocycles. The number of unbranched alkanes of at least 4 members (excludes halogenated alkanes) is 1. The van der Waals surface area contributed by atoms with E-state index < -0.39 is 0 Å². The van der Waals surface area contributed by atoms with E-state index >= 15 is 0 Å². The fraction of sp³-hybridized carbons (Fsp3) is 0.462. The molecule has 2 N–H and O–H groups in total. The second kappa shape index (κ2) is 10.9. The Balaban J connectivity index is 1.06. The van der Waals surface area contributed by atoms with Crippen LogP contribution in [0.25, 0.3) is 6.08 Å². The molecule has 0 atom stereocenters. The van der Waals surface area contributed by atoms with E-state index in [4.69, 9.17) is 0 Å². The zero-order valence-electron chi connectivity index (χ0n) is 20.2. The number of pyridine rings is 1. The topological polar surface area (TPSA) is 111 Å². The fourth-order valence-electron chi connectivity index (χ4n) is 4.73. The van der Waals surface area contributed by atoms with Crippen LogP contribution < -0.4 is 10.6 Å². The first-order valence-electron chi connectivity index (χ1n) is 12.5. The van der Waals surface area contributed by atoms with Crippen LogP contribution in [0.4, 0.5) is 0 Å². The maximum atomic E-state index is 12.4. The van der Waals surface area contributed by atoms with Gasteiger partial charge in [0.1, 0.15) is 0 Å². The molecule has 0 saturated carbocycles. The van der Waals surface area contributed by atoms with Gasteiger partial charge in [0.05, 0.1) is 17.6 Å². The van der Waals surface area contributed by atoms with Gasteiger partial charge < -0.3 is 10.6 Å². The SMILES string of the molecule is Cc1ccc(CNC(=O)c2cn(CCCCc3cc4c(nn3)CC(C3CCNCC3)=C4)nn2)cn1. The van der Waals surface area contributed by atoms with Crippen LogP contribution in [0.5, 0.6) is 0 Å². The first kappa shape index (κ1) is 23.3. The number of rotatable bonds is 9. The Morgan fingerprint density at radius 1 is 1.17 bits per heavy atom. The quantitative estimate of drug-likeness (QED) is 0.461. The highest BCUT2D eigenvalue weighted by atomic mass is 16.2. The smallest absolute Gasteiger partial charge is 0.273 e. The van der Waals surface area contributed by atoms with Crippen molar-refractivity contribution in [1.82, 2.24) is 40.8 Å². The summed E-state index contributed by atoms with van der Waals surface area (Å²) in [6.45, 7) is 5.27. The van der Waals surface area contributed by atoms with Crippen molar-refractivity contribution >= 4 is 12.0 Å². The molecule has 1 amide bonds. The highest BCUT2D eigenvalue weighted by Gasteiger charge is 2.23. The van der Waals surface area contributed by atoms with Crippen molar-refractivity contribution in [2.75, 3.05) is 13.1 Å². The second-order valence-corrected chi connectivity index (χ2v) is 9.47. The van der Waals surface area contributed by atoms with Crippen LogP contribution in [0.15, 0.2) is 36.2 Å². The number of piperidine rings is 1. The number of allylic oxidation sites excluding steroid dienone is 1. The molecule has 2 aliphatic rings. The fourth-order valence-corrected chi connectivity index (χ4v) is 4.73. The third-order valence-electron chi connectivity index (χ3n) is 6.80. The lowest BCUT2D eigenvalue weighted by Gasteiger charge is -2.23. The number of nitrogens with one attached hydrogen (secondary N) is 2. The first-order chi connectivity index (χ1) is 17.1. The Morgan fingerprint density at radius 2 is 2.06 bits per heavy atom. The van der Waals surface area contributed by atoms with Gasteiger partial charge >= 0.3 is 0 Å². The summed E-state index contributed by atoms with van der Waals surface area (Å²) in [5.41, 5.74) is 7.15. The van der Waals surface area contributed by atoms with Gasteiger partial charge in [-0.05, 0) is 81.3 Å². The molecule has 1 saturated heterocycles. The monoisotopic (exact) mass is 472 g/mol. The van der Waals surface area contributed by atoms with E-state index in [1.807, 2.05) is 19.1 Å². The molecule has 5 rings (SSSR count). The lowest BCUT2D eigenvalue weighted by atomic mass is 9.89. The van der Waals surface area contributed by atoms with Crippen molar-refractivity contribution in [3.05, 3.63) is 70.1 Å². The third kappa shape index (κ3) is 5.97. The lowest BCUT2D eigenvalue weighted by molar-refractivity contribution is 0.0946. The van der Waals surface area contributed by atoms with Crippen LogP contribution in [0.2, 0.25) is 0 Å². The van der Waals surface area contributed by atoms with Crippen molar-refractivity contribution in [3.63, 3.8) is 0 Å². The van der Waals surface area contributed by atoms with Crippen molar-refractivity contribution < 1.29 is 4.79 Å². The number of fused-ring (bicyclic) bond motifs is 1. The van der Waals surface area contributed by atoms with Crippen LogP contribution in [0.1, 0.15) is 64.4 Å². The molecule has 9 heteroatoms. The molecule has 1 fully saturated rings. The summed E-state index contributed by atoms with van der Waals surface area (Å²) in [6.07, 6.45) is 12.0. The van der Waals surface area contributed by atoms with Gasteiger partial charge in [0.25, 0.3) is 5.91 Å². The number of hydrogen-bond donors (Lipinski definition) is 2. The number of amides is 1. The summed E-state index contributed by atoms with van der Waals surface area (Å²) in [4.78, 5) is 16.6. The molecule has 35 heavy (non-hydrogen) atoms. The number of carbonyl (C=O) groups excluding carboxylic acids is 1. The number of aryl methyl sites for hydroxylation is 3. The predicted octanol–water partition coefficient (Wildman–Crippen LogP) is 2.66. The van der Waals surface area contributed by atoms with E-state index in [2.05, 4.69) is 48.3 Å². The highest BCUT2D eigenvalue weighted by molar-refractivity contribution is 5.91. The summed E-state index contributed by atoms with van der Waals surface area (Å²) in [7, 11) is 0. The van der Waals surface area contributed by atoms with Crippen molar-refractivity contribution in [2.24, 2.45) is 5.92 Å². The minimum atomic E-state index is -0.234. The van der Waals surface area contributed by atoms with Gasteiger partial charge in [-0.15, -0.1) is 5.10 Å². The second-order valence-electron chi connectivity index (χ2n) is 9.47. The van der Waals surface area contributed by atoms with Crippen LogP contribution >= 0.6 is 0 Å². The standard InChI is InChI=1S/C26H32N8O/c1-18-5-6-19(15-28-18)16-29-26(35)25-17-34(33-32-25)11-3-2-4-23-13-22-12-21(14-24(22)31-30-23)20-7-9-27-10-8-20/h5-6,12-13,15,17,20,27H,2-4,7-11,14,16H2,1H3,(H,29,35). The van der Waals surface area contributed by atoms with Crippen LogP contribution in [0.3, 0.4) is 0 Å². The average Bonchev–Trinajstić information content (AvgIpc) is 3.54. The molecule has 0 bridgehead atoms. The maximum Gasteiger partial charge on any atom is 0.273 e. The average molecular weight is 473 g/mol. The minimum Gasteiger partial charge on any atom is -0.346 e. The highest BCUT2D eigenvalue weighted by Crippen LogP contribution is 2.32. The summed E-state index contributed by atoms with van der Waals surface area (Å²) < 4.78 is 1.73. The maximum absolute atomic E-state index is 12.4. The molecule has 0 spiro atoms. The van der Waals surface area contributed by atoms with Gasteiger partial charge in [-0.2, -0.15) is 10.2 Å².